The molecular formula is C20H22N2O4S. The predicted molar refractivity (Wildman–Crippen MR) is 108 cm³/mol. The van der Waals surface area contributed by atoms with E-state index in [0.717, 1.165) is 6.42 Å². The van der Waals surface area contributed by atoms with Crippen LogP contribution in [0.15, 0.2) is 48.5 Å². The Hall–Kier alpha value is -2.93. The molecule has 0 bridgehead atoms. The van der Waals surface area contributed by atoms with Crippen LogP contribution < -0.4 is 15.0 Å². The van der Waals surface area contributed by atoms with Gasteiger partial charge in [0, 0.05) is 12.1 Å². The fourth-order valence-electron chi connectivity index (χ4n) is 2.53. The summed E-state index contributed by atoms with van der Waals surface area (Å²) in [6, 6.07) is 13.7. The van der Waals surface area contributed by atoms with Crippen molar-refractivity contribution < 1.29 is 19.1 Å². The smallest absolute Gasteiger partial charge is 0.337 e. The van der Waals surface area contributed by atoms with E-state index < -0.39 is 5.97 Å². The molecule has 0 saturated heterocycles. The van der Waals surface area contributed by atoms with E-state index in [1.165, 1.54) is 14.2 Å². The summed E-state index contributed by atoms with van der Waals surface area (Å²) in [6.07, 6.45) is 0.771. The van der Waals surface area contributed by atoms with Gasteiger partial charge < -0.3 is 14.4 Å². The number of anilines is 1. The molecule has 2 aromatic rings. The highest BCUT2D eigenvalue weighted by Gasteiger charge is 2.20. The van der Waals surface area contributed by atoms with E-state index in [-0.39, 0.29) is 11.0 Å². The molecule has 0 aliphatic heterocycles. The second kappa shape index (κ2) is 9.68. The molecule has 0 saturated carbocycles. The van der Waals surface area contributed by atoms with Crippen LogP contribution in [-0.2, 0) is 4.74 Å². The van der Waals surface area contributed by atoms with Crippen molar-refractivity contribution in [2.24, 2.45) is 0 Å². The highest BCUT2D eigenvalue weighted by atomic mass is 32.1. The summed E-state index contributed by atoms with van der Waals surface area (Å²) in [5.74, 6) is -0.230. The standard InChI is InChI=1S/C20H22N2O4S/c1-4-12-22(20(27)21-18(23)14-8-6-5-7-9-14)16-13-15(19(24)26-3)10-11-17(16)25-2/h5-11,13H,4,12H2,1-3H3,(H,21,23,27). The van der Waals surface area contributed by atoms with Crippen LogP contribution in [0.5, 0.6) is 5.75 Å². The van der Waals surface area contributed by atoms with Gasteiger partial charge in [-0.05, 0) is 49.0 Å². The molecule has 1 N–H and O–H groups in total. The van der Waals surface area contributed by atoms with E-state index in [4.69, 9.17) is 21.7 Å². The van der Waals surface area contributed by atoms with Crippen molar-refractivity contribution in [3.05, 3.63) is 59.7 Å². The van der Waals surface area contributed by atoms with Crippen molar-refractivity contribution in [3.8, 4) is 5.75 Å². The Bertz CT molecular complexity index is 824. The average molecular weight is 386 g/mol. The van der Waals surface area contributed by atoms with Crippen LogP contribution in [-0.4, -0.2) is 37.8 Å². The van der Waals surface area contributed by atoms with Gasteiger partial charge in [0.25, 0.3) is 5.91 Å². The lowest BCUT2D eigenvalue weighted by atomic mass is 10.1. The fraction of sp³-hybridized carbons (Fsp3) is 0.250. The zero-order chi connectivity index (χ0) is 19.8. The molecule has 7 heteroatoms. The minimum absolute atomic E-state index is 0.228. The number of carbonyl (C=O) groups is 2. The number of benzene rings is 2. The maximum Gasteiger partial charge on any atom is 0.337 e. The Morgan fingerprint density at radius 2 is 1.78 bits per heavy atom. The van der Waals surface area contributed by atoms with Crippen molar-refractivity contribution in [1.82, 2.24) is 5.32 Å². The van der Waals surface area contributed by atoms with Gasteiger partial charge in [-0.2, -0.15) is 0 Å². The number of amides is 1. The molecule has 6 nitrogen and oxygen atoms in total. The molecule has 0 aliphatic carbocycles. The summed E-state index contributed by atoms with van der Waals surface area (Å²) < 4.78 is 10.2. The molecule has 0 aliphatic rings. The monoisotopic (exact) mass is 386 g/mol. The van der Waals surface area contributed by atoms with Crippen LogP contribution in [0.4, 0.5) is 5.69 Å². The van der Waals surface area contributed by atoms with E-state index >= 15 is 0 Å². The molecule has 0 aromatic heterocycles. The van der Waals surface area contributed by atoms with Crippen LogP contribution in [0.25, 0.3) is 0 Å². The van der Waals surface area contributed by atoms with Gasteiger partial charge in [0.05, 0.1) is 25.5 Å². The number of methoxy groups -OCH3 is 2. The number of rotatable bonds is 6. The molecule has 2 rings (SSSR count). The maximum absolute atomic E-state index is 12.4. The second-order valence-corrected chi connectivity index (χ2v) is 6.04. The predicted octanol–water partition coefficient (Wildman–Crippen LogP) is 3.41. The quantitative estimate of drug-likeness (QED) is 0.606. The van der Waals surface area contributed by atoms with Crippen LogP contribution in [0.1, 0.15) is 34.1 Å². The number of nitrogens with one attached hydrogen (secondary N) is 1. The van der Waals surface area contributed by atoms with Gasteiger partial charge >= 0.3 is 5.97 Å². The third-order valence-electron chi connectivity index (χ3n) is 3.84. The topological polar surface area (TPSA) is 67.9 Å². The lowest BCUT2D eigenvalue weighted by Crippen LogP contribution is -2.43. The number of hydrogen-bond donors (Lipinski definition) is 1. The van der Waals surface area contributed by atoms with Gasteiger partial charge in [0.15, 0.2) is 5.11 Å². The number of ether oxygens (including phenoxy) is 2. The zero-order valence-electron chi connectivity index (χ0n) is 15.5. The number of nitrogens with zero attached hydrogens (tertiary/aromatic N) is 1. The SMILES string of the molecule is CCCN(C(=S)NC(=O)c1ccccc1)c1cc(C(=O)OC)ccc1OC. The van der Waals surface area contributed by atoms with Gasteiger partial charge in [-0.3, -0.25) is 10.1 Å². The second-order valence-electron chi connectivity index (χ2n) is 5.66. The number of esters is 1. The largest absolute Gasteiger partial charge is 0.495 e. The lowest BCUT2D eigenvalue weighted by molar-refractivity contribution is 0.0600. The molecule has 0 unspecified atom stereocenters. The van der Waals surface area contributed by atoms with Gasteiger partial charge in [-0.15, -0.1) is 0 Å². The number of hydrogen-bond acceptors (Lipinski definition) is 5. The third kappa shape index (κ3) is 5.04. The molecule has 0 radical (unpaired) electrons. The Labute approximate surface area is 164 Å². The zero-order valence-corrected chi connectivity index (χ0v) is 16.3. The van der Waals surface area contributed by atoms with Gasteiger partial charge in [0.1, 0.15) is 5.75 Å². The molecule has 142 valence electrons. The minimum Gasteiger partial charge on any atom is -0.495 e. The molecule has 0 fully saturated rings. The van der Waals surface area contributed by atoms with Crippen molar-refractivity contribution in [3.63, 3.8) is 0 Å². The van der Waals surface area contributed by atoms with Crippen LogP contribution in [0, 0.1) is 0 Å². The molecular weight excluding hydrogens is 364 g/mol. The summed E-state index contributed by atoms with van der Waals surface area (Å²) in [4.78, 5) is 26.1. The molecule has 0 atom stereocenters. The highest BCUT2D eigenvalue weighted by molar-refractivity contribution is 7.80. The number of carbonyl (C=O) groups excluding carboxylic acids is 2. The van der Waals surface area contributed by atoms with Crippen LogP contribution in [0.3, 0.4) is 0 Å². The number of thiocarbonyl (C=S) groups is 1. The Kier molecular flexibility index (Phi) is 7.31. The molecule has 0 heterocycles. The Morgan fingerprint density at radius 1 is 1.07 bits per heavy atom. The first-order valence-electron chi connectivity index (χ1n) is 8.46. The van der Waals surface area contributed by atoms with Crippen molar-refractivity contribution in [2.75, 3.05) is 25.7 Å². The van der Waals surface area contributed by atoms with Crippen LogP contribution >= 0.6 is 12.2 Å². The van der Waals surface area contributed by atoms with E-state index in [1.807, 2.05) is 13.0 Å². The first kappa shape index (κ1) is 20.4. The van der Waals surface area contributed by atoms with E-state index in [9.17, 15) is 9.59 Å². The van der Waals surface area contributed by atoms with Crippen molar-refractivity contribution in [2.45, 2.75) is 13.3 Å². The summed E-state index contributed by atoms with van der Waals surface area (Å²) in [6.45, 7) is 2.53. The summed E-state index contributed by atoms with van der Waals surface area (Å²) in [5.41, 5.74) is 1.46. The first-order valence-corrected chi connectivity index (χ1v) is 8.86. The molecule has 27 heavy (non-hydrogen) atoms. The molecule has 0 spiro atoms. The molecule has 2 aromatic carbocycles. The minimum atomic E-state index is -0.463. The Morgan fingerprint density at radius 3 is 2.37 bits per heavy atom. The van der Waals surface area contributed by atoms with Crippen molar-refractivity contribution >= 4 is 34.9 Å². The summed E-state index contributed by atoms with van der Waals surface area (Å²) in [5, 5.41) is 2.97. The van der Waals surface area contributed by atoms with Gasteiger partial charge in [0.2, 0.25) is 0 Å². The molecule has 1 amide bonds. The van der Waals surface area contributed by atoms with Gasteiger partial charge in [-0.1, -0.05) is 25.1 Å². The highest BCUT2D eigenvalue weighted by Crippen LogP contribution is 2.30. The fourth-order valence-corrected chi connectivity index (χ4v) is 2.81. The van der Waals surface area contributed by atoms with Crippen molar-refractivity contribution in [1.29, 1.82) is 0 Å². The van der Waals surface area contributed by atoms with E-state index in [0.29, 0.717) is 29.1 Å². The third-order valence-corrected chi connectivity index (χ3v) is 4.16. The maximum atomic E-state index is 12.4. The lowest BCUT2D eigenvalue weighted by Gasteiger charge is -2.27. The first-order chi connectivity index (χ1) is 13.0. The average Bonchev–Trinajstić information content (AvgIpc) is 2.71. The van der Waals surface area contributed by atoms with Gasteiger partial charge in [-0.25, -0.2) is 4.79 Å². The van der Waals surface area contributed by atoms with E-state index in [1.54, 1.807) is 47.4 Å². The van der Waals surface area contributed by atoms with Crippen LogP contribution in [0.2, 0.25) is 0 Å². The summed E-state index contributed by atoms with van der Waals surface area (Å²) in [7, 11) is 2.85. The normalized spacial score (nSPS) is 10.0. The Balaban J connectivity index is 2.34. The summed E-state index contributed by atoms with van der Waals surface area (Å²) >= 11 is 5.47. The van der Waals surface area contributed by atoms with E-state index in [2.05, 4.69) is 5.32 Å².